The number of hydrogen-bond acceptors (Lipinski definition) is 3. The van der Waals surface area contributed by atoms with Gasteiger partial charge in [-0.15, -0.1) is 11.8 Å². The first kappa shape index (κ1) is 21.0. The third kappa shape index (κ3) is 6.40. The quantitative estimate of drug-likeness (QED) is 0.753. The summed E-state index contributed by atoms with van der Waals surface area (Å²) in [5.74, 6) is 0.328. The first-order chi connectivity index (χ1) is 12.9. The summed E-state index contributed by atoms with van der Waals surface area (Å²) in [6.45, 7) is 4.00. The highest BCUT2D eigenvalue weighted by Crippen LogP contribution is 2.17. The van der Waals surface area contributed by atoms with Crippen molar-refractivity contribution >= 4 is 23.6 Å². The molecule has 0 bridgehead atoms. The third-order valence-corrected chi connectivity index (χ3v) is 5.25. The highest BCUT2D eigenvalue weighted by Gasteiger charge is 2.25. The number of amides is 2. The van der Waals surface area contributed by atoms with Crippen LogP contribution in [0.5, 0.6) is 0 Å². The number of aryl methyl sites for hydroxylation is 1. The molecular weight excluding hydrogens is 363 g/mol. The Morgan fingerprint density at radius 3 is 2.48 bits per heavy atom. The van der Waals surface area contributed by atoms with Gasteiger partial charge in [0.2, 0.25) is 11.8 Å². The first-order valence-electron chi connectivity index (χ1n) is 8.79. The molecule has 4 nitrogen and oxygen atoms in total. The smallest absolute Gasteiger partial charge is 0.242 e. The molecule has 6 heteroatoms. The lowest BCUT2D eigenvalue weighted by atomic mass is 10.1. The molecule has 0 fully saturated rings. The van der Waals surface area contributed by atoms with E-state index in [4.69, 9.17) is 0 Å². The Balaban J connectivity index is 2.03. The summed E-state index contributed by atoms with van der Waals surface area (Å²) in [5.41, 5.74) is 3.13. The molecule has 0 heterocycles. The number of hydrogen-bond donors (Lipinski definition) is 1. The zero-order chi connectivity index (χ0) is 19.8. The molecule has 0 saturated heterocycles. The van der Waals surface area contributed by atoms with Gasteiger partial charge in [-0.05, 0) is 37.1 Å². The summed E-state index contributed by atoms with van der Waals surface area (Å²) < 4.78 is 13.1. The second-order valence-corrected chi connectivity index (χ2v) is 7.41. The number of halogens is 1. The van der Waals surface area contributed by atoms with Crippen LogP contribution < -0.4 is 5.32 Å². The largest absolute Gasteiger partial charge is 0.357 e. The average Bonchev–Trinajstić information content (AvgIpc) is 2.66. The molecule has 0 radical (unpaired) electrons. The Kier molecular flexibility index (Phi) is 7.85. The summed E-state index contributed by atoms with van der Waals surface area (Å²) in [5, 5.41) is 2.58. The van der Waals surface area contributed by atoms with Crippen molar-refractivity contribution in [2.24, 2.45) is 0 Å². The van der Waals surface area contributed by atoms with Crippen LogP contribution in [-0.4, -0.2) is 35.6 Å². The summed E-state index contributed by atoms with van der Waals surface area (Å²) in [7, 11) is 1.55. The number of nitrogens with one attached hydrogen (secondary N) is 1. The lowest BCUT2D eigenvalue weighted by Gasteiger charge is -2.28. The SMILES string of the molecule is CNC(=O)[C@@H](C)N(Cc1ccc(F)cc1)C(=O)CSCc1cccc(C)c1. The van der Waals surface area contributed by atoms with Crippen molar-refractivity contribution in [3.8, 4) is 0 Å². The van der Waals surface area contributed by atoms with E-state index in [1.165, 1.54) is 34.4 Å². The summed E-state index contributed by atoms with van der Waals surface area (Å²) in [6.07, 6.45) is 0. The van der Waals surface area contributed by atoms with Crippen molar-refractivity contribution < 1.29 is 14.0 Å². The number of likely N-dealkylation sites (N-methyl/N-ethyl adjacent to an activating group) is 1. The number of thioether (sulfide) groups is 1. The van der Waals surface area contributed by atoms with E-state index in [9.17, 15) is 14.0 Å². The highest BCUT2D eigenvalue weighted by atomic mass is 32.2. The minimum atomic E-state index is -0.605. The van der Waals surface area contributed by atoms with E-state index in [1.54, 1.807) is 26.1 Å². The molecule has 0 aliphatic carbocycles. The van der Waals surface area contributed by atoms with Crippen LogP contribution in [0.4, 0.5) is 4.39 Å². The minimum absolute atomic E-state index is 0.118. The van der Waals surface area contributed by atoms with Gasteiger partial charge in [-0.2, -0.15) is 0 Å². The molecule has 1 N–H and O–H groups in total. The predicted molar refractivity (Wildman–Crippen MR) is 108 cm³/mol. The van der Waals surface area contributed by atoms with Gasteiger partial charge in [0.15, 0.2) is 0 Å². The molecule has 2 amide bonds. The van der Waals surface area contributed by atoms with Crippen molar-refractivity contribution in [1.82, 2.24) is 10.2 Å². The zero-order valence-corrected chi connectivity index (χ0v) is 16.7. The summed E-state index contributed by atoms with van der Waals surface area (Å²) in [6, 6.07) is 13.5. The maximum Gasteiger partial charge on any atom is 0.242 e. The van der Waals surface area contributed by atoms with Crippen molar-refractivity contribution in [3.05, 3.63) is 71.0 Å². The number of benzene rings is 2. The van der Waals surface area contributed by atoms with Crippen LogP contribution in [0, 0.1) is 12.7 Å². The van der Waals surface area contributed by atoms with Crippen LogP contribution in [0.2, 0.25) is 0 Å². The number of carbonyl (C=O) groups is 2. The van der Waals surface area contributed by atoms with Crippen molar-refractivity contribution in [1.29, 1.82) is 0 Å². The Labute approximate surface area is 164 Å². The topological polar surface area (TPSA) is 49.4 Å². The fourth-order valence-electron chi connectivity index (χ4n) is 2.72. The molecule has 0 spiro atoms. The Morgan fingerprint density at radius 2 is 1.85 bits per heavy atom. The van der Waals surface area contributed by atoms with Crippen molar-refractivity contribution in [3.63, 3.8) is 0 Å². The zero-order valence-electron chi connectivity index (χ0n) is 15.9. The number of nitrogens with zero attached hydrogens (tertiary/aromatic N) is 1. The molecule has 0 saturated carbocycles. The van der Waals surface area contributed by atoms with E-state index in [0.717, 1.165) is 16.9 Å². The number of carbonyl (C=O) groups excluding carboxylic acids is 2. The average molecular weight is 389 g/mol. The first-order valence-corrected chi connectivity index (χ1v) is 9.95. The van der Waals surface area contributed by atoms with Crippen molar-refractivity contribution in [2.45, 2.75) is 32.2 Å². The van der Waals surface area contributed by atoms with Gasteiger partial charge in [0.25, 0.3) is 0 Å². The van der Waals surface area contributed by atoms with E-state index in [0.29, 0.717) is 0 Å². The molecule has 2 rings (SSSR count). The molecule has 0 aliphatic rings. The Hall–Kier alpha value is -2.34. The molecule has 1 atom stereocenters. The van der Waals surface area contributed by atoms with E-state index >= 15 is 0 Å². The van der Waals surface area contributed by atoms with Crippen LogP contribution in [0.1, 0.15) is 23.6 Å². The van der Waals surface area contributed by atoms with Gasteiger partial charge >= 0.3 is 0 Å². The van der Waals surface area contributed by atoms with E-state index in [-0.39, 0.29) is 29.9 Å². The molecule has 2 aromatic rings. The van der Waals surface area contributed by atoms with Gasteiger partial charge in [0, 0.05) is 19.3 Å². The lowest BCUT2D eigenvalue weighted by Crippen LogP contribution is -2.47. The van der Waals surface area contributed by atoms with Crippen LogP contribution in [0.25, 0.3) is 0 Å². The van der Waals surface area contributed by atoms with E-state index in [2.05, 4.69) is 11.4 Å². The van der Waals surface area contributed by atoms with Crippen molar-refractivity contribution in [2.75, 3.05) is 12.8 Å². The van der Waals surface area contributed by atoms with Gasteiger partial charge in [-0.1, -0.05) is 42.0 Å². The highest BCUT2D eigenvalue weighted by molar-refractivity contribution is 7.99. The molecule has 144 valence electrons. The van der Waals surface area contributed by atoms with Gasteiger partial charge in [-0.25, -0.2) is 4.39 Å². The minimum Gasteiger partial charge on any atom is -0.357 e. The molecule has 0 unspecified atom stereocenters. The molecular formula is C21H25FN2O2S. The van der Waals surface area contributed by atoms with Crippen LogP contribution in [0.3, 0.4) is 0 Å². The normalized spacial score (nSPS) is 11.7. The summed E-state index contributed by atoms with van der Waals surface area (Å²) in [4.78, 5) is 26.4. The summed E-state index contributed by atoms with van der Waals surface area (Å²) >= 11 is 1.52. The van der Waals surface area contributed by atoms with Gasteiger partial charge in [-0.3, -0.25) is 9.59 Å². The Morgan fingerprint density at radius 1 is 1.15 bits per heavy atom. The fourth-order valence-corrected chi connectivity index (χ4v) is 3.58. The maximum atomic E-state index is 13.1. The predicted octanol–water partition coefficient (Wildman–Crippen LogP) is 3.53. The van der Waals surface area contributed by atoms with Gasteiger partial charge < -0.3 is 10.2 Å². The fraction of sp³-hybridized carbons (Fsp3) is 0.333. The van der Waals surface area contributed by atoms with Crippen LogP contribution >= 0.6 is 11.8 Å². The number of rotatable bonds is 8. The monoisotopic (exact) mass is 388 g/mol. The molecule has 2 aromatic carbocycles. The van der Waals surface area contributed by atoms with Gasteiger partial charge in [0.1, 0.15) is 11.9 Å². The lowest BCUT2D eigenvalue weighted by molar-refractivity contribution is -0.138. The van der Waals surface area contributed by atoms with Gasteiger partial charge in [0.05, 0.1) is 5.75 Å². The van der Waals surface area contributed by atoms with Crippen LogP contribution in [-0.2, 0) is 21.9 Å². The molecule has 0 aromatic heterocycles. The molecule has 0 aliphatic heterocycles. The standard InChI is InChI=1S/C21H25FN2O2S/c1-15-5-4-6-18(11-15)13-27-14-20(25)24(16(2)21(26)23-3)12-17-7-9-19(22)10-8-17/h4-11,16H,12-14H2,1-3H3,(H,23,26)/t16-/m1/s1. The second-order valence-electron chi connectivity index (χ2n) is 6.42. The van der Waals surface area contributed by atoms with E-state index < -0.39 is 6.04 Å². The van der Waals surface area contributed by atoms with E-state index in [1.807, 2.05) is 25.1 Å². The third-order valence-electron chi connectivity index (χ3n) is 4.26. The maximum absolute atomic E-state index is 13.1. The van der Waals surface area contributed by atoms with Crippen LogP contribution in [0.15, 0.2) is 48.5 Å². The second kappa shape index (κ2) is 10.1. The Bertz CT molecular complexity index is 780. The molecule has 27 heavy (non-hydrogen) atoms.